The third-order valence-electron chi connectivity index (χ3n) is 7.34. The Morgan fingerprint density at radius 1 is 0.829 bits per heavy atom. The van der Waals surface area contributed by atoms with Crippen LogP contribution >= 0.6 is 0 Å². The molecule has 9 nitrogen and oxygen atoms in total. The topological polar surface area (TPSA) is 108 Å². The highest BCUT2D eigenvalue weighted by Gasteiger charge is 2.27. The van der Waals surface area contributed by atoms with Gasteiger partial charge in [-0.05, 0) is 78.6 Å². The molecule has 41 heavy (non-hydrogen) atoms. The van der Waals surface area contributed by atoms with Crippen LogP contribution in [0.1, 0.15) is 23.2 Å². The molecule has 2 aromatic heterocycles. The SMILES string of the molecule is CN(C)c1ccc(/C=C2\CCc3c2nc2c(N=Nc4ccc(O)cc4)c(N)nn2c3-c2ccc(N(C)C)cc2)cc1. The third-order valence-corrected chi connectivity index (χ3v) is 7.34. The Kier molecular flexibility index (Phi) is 6.62. The molecule has 6 rings (SSSR count). The first kappa shape index (κ1) is 26.1. The molecular weight excluding hydrogens is 512 g/mol. The molecule has 1 aliphatic carbocycles. The molecule has 0 bridgehead atoms. The fourth-order valence-corrected chi connectivity index (χ4v) is 5.11. The maximum Gasteiger partial charge on any atom is 0.186 e. The van der Waals surface area contributed by atoms with E-state index in [-0.39, 0.29) is 11.6 Å². The summed E-state index contributed by atoms with van der Waals surface area (Å²) in [6.45, 7) is 0. The monoisotopic (exact) mass is 544 g/mol. The molecule has 0 aliphatic heterocycles. The van der Waals surface area contributed by atoms with E-state index in [1.165, 1.54) is 0 Å². The zero-order valence-corrected chi connectivity index (χ0v) is 23.6. The van der Waals surface area contributed by atoms with E-state index in [4.69, 9.17) is 10.7 Å². The Morgan fingerprint density at radius 3 is 2.10 bits per heavy atom. The number of benzene rings is 3. The van der Waals surface area contributed by atoms with Gasteiger partial charge in [0.1, 0.15) is 5.75 Å². The van der Waals surface area contributed by atoms with Crippen LogP contribution in [0.25, 0.3) is 28.6 Å². The van der Waals surface area contributed by atoms with Crippen molar-refractivity contribution in [2.75, 3.05) is 43.7 Å². The summed E-state index contributed by atoms with van der Waals surface area (Å²) in [6, 6.07) is 23.4. The number of allylic oxidation sites excluding steroid dienone is 1. The van der Waals surface area contributed by atoms with Crippen molar-refractivity contribution in [3.05, 3.63) is 89.6 Å². The smallest absolute Gasteiger partial charge is 0.186 e. The van der Waals surface area contributed by atoms with Crippen molar-refractivity contribution in [2.45, 2.75) is 12.8 Å². The molecular formula is C32H32N8O. The molecule has 0 saturated heterocycles. The number of aromatic nitrogens is 3. The fraction of sp³-hybridized carbons (Fsp3) is 0.188. The van der Waals surface area contributed by atoms with Crippen molar-refractivity contribution in [1.29, 1.82) is 0 Å². The summed E-state index contributed by atoms with van der Waals surface area (Å²) < 4.78 is 1.80. The van der Waals surface area contributed by atoms with Gasteiger partial charge in [-0.25, -0.2) is 9.50 Å². The standard InChI is InChI=1S/C32H32N8O/c1-38(2)24-12-5-20(6-13-24)19-22-9-18-27-28(22)34-32-29(36-35-23-10-16-26(41)17-11-23)31(33)37-40(32)30(27)21-7-14-25(15-8-21)39(3)4/h5-8,10-17,19,41H,9,18H2,1-4H3,(H2,33,37)/b22-19+,36-35?. The number of fused-ring (bicyclic) bond motifs is 2. The first-order valence-corrected chi connectivity index (χ1v) is 13.5. The number of hydrogen-bond donors (Lipinski definition) is 2. The number of phenolic OH excluding ortho intramolecular Hbond substituents is 1. The van der Waals surface area contributed by atoms with Crippen LogP contribution in [0.2, 0.25) is 0 Å². The largest absolute Gasteiger partial charge is 0.508 e. The van der Waals surface area contributed by atoms with Gasteiger partial charge in [-0.1, -0.05) is 24.3 Å². The summed E-state index contributed by atoms with van der Waals surface area (Å²) in [5.74, 6) is 0.414. The highest BCUT2D eigenvalue weighted by molar-refractivity contribution is 5.90. The Labute approximate surface area is 238 Å². The lowest BCUT2D eigenvalue weighted by Gasteiger charge is -2.15. The summed E-state index contributed by atoms with van der Waals surface area (Å²) in [4.78, 5) is 9.27. The van der Waals surface area contributed by atoms with E-state index < -0.39 is 0 Å². The van der Waals surface area contributed by atoms with Crippen LogP contribution in [0.3, 0.4) is 0 Å². The summed E-state index contributed by atoms with van der Waals surface area (Å²) in [5, 5.41) is 23.1. The molecule has 1 aliphatic rings. The molecule has 0 spiro atoms. The minimum absolute atomic E-state index is 0.164. The second kappa shape index (κ2) is 10.4. The van der Waals surface area contributed by atoms with Crippen molar-refractivity contribution < 1.29 is 5.11 Å². The number of aromatic hydroxyl groups is 1. The quantitative estimate of drug-likeness (QED) is 0.230. The van der Waals surface area contributed by atoms with Crippen LogP contribution in [-0.4, -0.2) is 47.9 Å². The predicted molar refractivity (Wildman–Crippen MR) is 166 cm³/mol. The minimum Gasteiger partial charge on any atom is -0.508 e. The van der Waals surface area contributed by atoms with E-state index >= 15 is 0 Å². The minimum atomic E-state index is 0.164. The summed E-state index contributed by atoms with van der Waals surface area (Å²) in [7, 11) is 8.13. The molecule has 0 radical (unpaired) electrons. The molecule has 0 fully saturated rings. The van der Waals surface area contributed by atoms with Gasteiger partial charge in [0.15, 0.2) is 17.2 Å². The van der Waals surface area contributed by atoms with Gasteiger partial charge in [0.2, 0.25) is 0 Å². The highest BCUT2D eigenvalue weighted by atomic mass is 16.3. The third kappa shape index (κ3) is 4.98. The maximum absolute atomic E-state index is 9.61. The average molecular weight is 545 g/mol. The molecule has 3 aromatic carbocycles. The number of rotatable bonds is 6. The number of anilines is 3. The number of nitrogen functional groups attached to an aromatic ring is 1. The second-order valence-corrected chi connectivity index (χ2v) is 10.6. The Morgan fingerprint density at radius 2 is 1.46 bits per heavy atom. The summed E-state index contributed by atoms with van der Waals surface area (Å²) in [6.07, 6.45) is 3.92. The van der Waals surface area contributed by atoms with E-state index in [1.54, 1.807) is 28.8 Å². The molecule has 0 saturated carbocycles. The Hall–Kier alpha value is -5.18. The van der Waals surface area contributed by atoms with Crippen LogP contribution in [0.4, 0.5) is 28.6 Å². The highest BCUT2D eigenvalue weighted by Crippen LogP contribution is 2.42. The van der Waals surface area contributed by atoms with E-state index in [0.717, 1.165) is 57.9 Å². The van der Waals surface area contributed by atoms with Crippen LogP contribution < -0.4 is 15.5 Å². The zero-order valence-electron chi connectivity index (χ0n) is 23.6. The fourth-order valence-electron chi connectivity index (χ4n) is 5.11. The molecule has 0 unspecified atom stereocenters. The number of phenols is 1. The Balaban J connectivity index is 1.52. The molecule has 0 amide bonds. The Bertz CT molecular complexity index is 1780. The first-order valence-electron chi connectivity index (χ1n) is 13.5. The predicted octanol–water partition coefficient (Wildman–Crippen LogP) is 6.72. The van der Waals surface area contributed by atoms with E-state index in [9.17, 15) is 5.11 Å². The summed E-state index contributed by atoms with van der Waals surface area (Å²) in [5.41, 5.74) is 16.6. The van der Waals surface area contributed by atoms with Crippen LogP contribution in [0, 0.1) is 0 Å². The molecule has 0 atom stereocenters. The molecule has 9 heteroatoms. The molecule has 5 aromatic rings. The normalized spacial score (nSPS) is 13.8. The second-order valence-electron chi connectivity index (χ2n) is 10.6. The number of nitrogens with two attached hydrogens (primary N) is 1. The maximum atomic E-state index is 9.61. The van der Waals surface area contributed by atoms with Gasteiger partial charge in [0.05, 0.1) is 17.1 Å². The van der Waals surface area contributed by atoms with Crippen molar-refractivity contribution in [2.24, 2.45) is 10.2 Å². The number of nitrogens with zero attached hydrogens (tertiary/aromatic N) is 7. The average Bonchev–Trinajstić information content (AvgIpc) is 3.51. The van der Waals surface area contributed by atoms with E-state index in [0.29, 0.717) is 17.0 Å². The van der Waals surface area contributed by atoms with Gasteiger partial charge in [0.25, 0.3) is 0 Å². The van der Waals surface area contributed by atoms with E-state index in [1.807, 2.05) is 28.2 Å². The lowest BCUT2D eigenvalue weighted by molar-refractivity contribution is 0.475. The van der Waals surface area contributed by atoms with Crippen LogP contribution in [0.15, 0.2) is 83.0 Å². The molecule has 206 valence electrons. The van der Waals surface area contributed by atoms with Gasteiger partial charge in [-0.3, -0.25) is 0 Å². The zero-order chi connectivity index (χ0) is 28.7. The lowest BCUT2D eigenvalue weighted by atomic mass is 10.0. The summed E-state index contributed by atoms with van der Waals surface area (Å²) >= 11 is 0. The lowest BCUT2D eigenvalue weighted by Crippen LogP contribution is -2.08. The van der Waals surface area contributed by atoms with Crippen molar-refractivity contribution in [1.82, 2.24) is 14.6 Å². The van der Waals surface area contributed by atoms with Gasteiger partial charge in [0, 0.05) is 50.7 Å². The van der Waals surface area contributed by atoms with Crippen molar-refractivity contribution >= 4 is 45.9 Å². The number of hydrogen-bond acceptors (Lipinski definition) is 8. The molecule has 3 N–H and O–H groups in total. The van der Waals surface area contributed by atoms with Crippen LogP contribution in [0.5, 0.6) is 5.75 Å². The van der Waals surface area contributed by atoms with Crippen molar-refractivity contribution in [3.8, 4) is 17.0 Å². The van der Waals surface area contributed by atoms with Gasteiger partial charge < -0.3 is 20.6 Å². The van der Waals surface area contributed by atoms with Crippen LogP contribution in [-0.2, 0) is 6.42 Å². The number of azo groups is 1. The van der Waals surface area contributed by atoms with Gasteiger partial charge in [-0.2, -0.15) is 5.11 Å². The van der Waals surface area contributed by atoms with Gasteiger partial charge >= 0.3 is 0 Å². The van der Waals surface area contributed by atoms with Crippen molar-refractivity contribution in [3.63, 3.8) is 0 Å². The van der Waals surface area contributed by atoms with Gasteiger partial charge in [-0.15, -0.1) is 10.2 Å². The first-order chi connectivity index (χ1) is 19.8. The molecule has 2 heterocycles. The van der Waals surface area contributed by atoms with E-state index in [2.05, 4.69) is 79.7 Å².